The highest BCUT2D eigenvalue weighted by Crippen LogP contribution is 2.29. The molecule has 0 aliphatic rings. The van der Waals surface area contributed by atoms with Crippen LogP contribution in [-0.2, 0) is 0 Å². The van der Waals surface area contributed by atoms with E-state index < -0.39 is 57.2 Å². The zero-order valence-electron chi connectivity index (χ0n) is 10.5. The lowest BCUT2D eigenvalue weighted by atomic mass is 9.93. The Morgan fingerprint density at radius 1 is 0.591 bits per heavy atom. The summed E-state index contributed by atoms with van der Waals surface area (Å²) in [4.78, 5) is 52.5. The Kier molecular flexibility index (Phi) is 3.43. The highest BCUT2D eigenvalue weighted by molar-refractivity contribution is 6.21. The molecule has 0 aliphatic carbocycles. The molecule has 22 heavy (non-hydrogen) atoms. The van der Waals surface area contributed by atoms with E-state index in [1.807, 2.05) is 0 Å². The third-order valence-electron chi connectivity index (χ3n) is 2.78. The van der Waals surface area contributed by atoms with Crippen molar-refractivity contribution < 1.29 is 39.6 Å². The largest absolute Gasteiger partial charge is 0.478 e. The van der Waals surface area contributed by atoms with E-state index >= 15 is 0 Å². The quantitative estimate of drug-likeness (QED) is 0.619. The van der Waals surface area contributed by atoms with E-state index in [-0.39, 0.29) is 0 Å². The van der Waals surface area contributed by atoms with Crippen molar-refractivity contribution in [3.05, 3.63) is 34.6 Å². The Balaban J connectivity index is 3.25. The summed E-state index contributed by atoms with van der Waals surface area (Å²) in [6, 6.07) is 0. The summed E-state index contributed by atoms with van der Waals surface area (Å²) >= 11 is 0. The van der Waals surface area contributed by atoms with Gasteiger partial charge in [-0.25, -0.2) is 19.2 Å². The molecule has 1 heterocycles. The Morgan fingerprint density at radius 3 is 1.09 bits per heavy atom. The van der Waals surface area contributed by atoms with E-state index in [1.54, 1.807) is 0 Å². The molecule has 112 valence electrons. The predicted molar refractivity (Wildman–Crippen MR) is 67.4 cm³/mol. The van der Waals surface area contributed by atoms with Gasteiger partial charge in [0.2, 0.25) is 0 Å². The van der Waals surface area contributed by atoms with E-state index in [0.717, 1.165) is 12.4 Å². The van der Waals surface area contributed by atoms with E-state index in [1.165, 1.54) is 0 Å². The van der Waals surface area contributed by atoms with Crippen LogP contribution in [0.5, 0.6) is 0 Å². The lowest BCUT2D eigenvalue weighted by Gasteiger charge is -2.12. The smallest absolute Gasteiger partial charge is 0.338 e. The fourth-order valence-electron chi connectivity index (χ4n) is 2.03. The summed E-state index contributed by atoms with van der Waals surface area (Å²) in [5.74, 6) is -7.32. The van der Waals surface area contributed by atoms with Crippen molar-refractivity contribution in [2.75, 3.05) is 0 Å². The van der Waals surface area contributed by atoms with Crippen molar-refractivity contribution in [3.63, 3.8) is 0 Å². The van der Waals surface area contributed by atoms with Crippen LogP contribution in [-0.4, -0.2) is 54.3 Å². The highest BCUT2D eigenvalue weighted by Gasteiger charge is 2.34. The van der Waals surface area contributed by atoms with Crippen molar-refractivity contribution in [1.29, 1.82) is 0 Å². The predicted octanol–water partition coefficient (Wildman–Crippen LogP) is 0.423. The SMILES string of the molecule is O=C(O)c1c(C(=O)O)c(C(=O)O)c2nccnc2c1C(=O)O. The summed E-state index contributed by atoms with van der Waals surface area (Å²) in [6.07, 6.45) is 2.07. The zero-order chi connectivity index (χ0) is 16.6. The number of aromatic nitrogens is 2. The number of aromatic carboxylic acids is 4. The van der Waals surface area contributed by atoms with Gasteiger partial charge in [0.15, 0.2) is 0 Å². The molecule has 10 heteroatoms. The second-order valence-electron chi connectivity index (χ2n) is 3.97. The van der Waals surface area contributed by atoms with Crippen molar-refractivity contribution in [3.8, 4) is 0 Å². The van der Waals surface area contributed by atoms with E-state index in [2.05, 4.69) is 9.97 Å². The summed E-state index contributed by atoms with van der Waals surface area (Å²) < 4.78 is 0. The van der Waals surface area contributed by atoms with E-state index in [4.69, 9.17) is 10.2 Å². The molecule has 0 amide bonds. The first-order valence-electron chi connectivity index (χ1n) is 5.51. The number of fused-ring (bicyclic) bond motifs is 1. The standard InChI is InChI=1S/C12H6N2O8/c15-9(16)3-4(10(17)18)6(12(21)22)8-7(5(3)11(19)20)13-1-2-14-8/h1-2H,(H,15,16)(H,17,18)(H,19,20)(H,21,22). The van der Waals surface area contributed by atoms with E-state index in [0.29, 0.717) is 0 Å². The van der Waals surface area contributed by atoms with Crippen LogP contribution < -0.4 is 0 Å². The number of carbonyl (C=O) groups is 4. The van der Waals surface area contributed by atoms with Crippen molar-refractivity contribution in [2.24, 2.45) is 0 Å². The molecule has 0 bridgehead atoms. The topological polar surface area (TPSA) is 175 Å². The first-order chi connectivity index (χ1) is 10.3. The number of carboxylic acids is 4. The normalized spacial score (nSPS) is 10.4. The second-order valence-corrected chi connectivity index (χ2v) is 3.97. The van der Waals surface area contributed by atoms with Gasteiger partial charge in [-0.1, -0.05) is 0 Å². The van der Waals surface area contributed by atoms with Gasteiger partial charge in [-0.3, -0.25) is 9.97 Å². The van der Waals surface area contributed by atoms with Gasteiger partial charge in [0.1, 0.15) is 22.2 Å². The Labute approximate surface area is 120 Å². The maximum Gasteiger partial charge on any atom is 0.338 e. The van der Waals surface area contributed by atoms with Gasteiger partial charge >= 0.3 is 23.9 Å². The molecule has 0 saturated carbocycles. The summed E-state index contributed by atoms with van der Waals surface area (Å²) in [6.45, 7) is 0. The Hall–Kier alpha value is -3.56. The Morgan fingerprint density at radius 2 is 0.864 bits per heavy atom. The number of carboxylic acid groups (broad SMARTS) is 4. The summed E-state index contributed by atoms with van der Waals surface area (Å²) in [7, 11) is 0. The number of nitrogens with zero attached hydrogens (tertiary/aromatic N) is 2. The van der Waals surface area contributed by atoms with Crippen LogP contribution in [0.15, 0.2) is 12.4 Å². The number of rotatable bonds is 4. The maximum atomic E-state index is 11.3. The third-order valence-corrected chi connectivity index (χ3v) is 2.78. The number of hydrogen-bond donors (Lipinski definition) is 4. The van der Waals surface area contributed by atoms with Crippen molar-refractivity contribution in [2.45, 2.75) is 0 Å². The molecule has 1 aromatic heterocycles. The van der Waals surface area contributed by atoms with Gasteiger partial charge in [-0.2, -0.15) is 0 Å². The molecule has 2 rings (SSSR count). The van der Waals surface area contributed by atoms with Gasteiger partial charge in [-0.05, 0) is 0 Å². The van der Waals surface area contributed by atoms with Gasteiger partial charge in [0.25, 0.3) is 0 Å². The fourth-order valence-corrected chi connectivity index (χ4v) is 2.03. The van der Waals surface area contributed by atoms with Gasteiger partial charge in [0, 0.05) is 12.4 Å². The lowest BCUT2D eigenvalue weighted by Crippen LogP contribution is -2.21. The molecule has 0 fully saturated rings. The van der Waals surface area contributed by atoms with Gasteiger partial charge < -0.3 is 20.4 Å². The zero-order valence-corrected chi connectivity index (χ0v) is 10.5. The Bertz CT molecular complexity index is 787. The van der Waals surface area contributed by atoms with Gasteiger partial charge in [0.05, 0.1) is 11.1 Å². The van der Waals surface area contributed by atoms with Crippen LogP contribution in [0.2, 0.25) is 0 Å². The molecule has 0 spiro atoms. The third kappa shape index (κ3) is 2.08. The molecular formula is C12H6N2O8. The number of hydrogen-bond acceptors (Lipinski definition) is 6. The minimum atomic E-state index is -1.90. The average Bonchev–Trinajstić information content (AvgIpc) is 2.43. The monoisotopic (exact) mass is 306 g/mol. The number of benzene rings is 1. The van der Waals surface area contributed by atoms with Crippen LogP contribution in [0, 0.1) is 0 Å². The molecule has 1 aromatic carbocycles. The summed E-state index contributed by atoms with van der Waals surface area (Å²) in [5.41, 5.74) is -5.23. The van der Waals surface area contributed by atoms with Crippen molar-refractivity contribution >= 4 is 34.9 Å². The van der Waals surface area contributed by atoms with Crippen LogP contribution in [0.4, 0.5) is 0 Å². The summed E-state index contributed by atoms with van der Waals surface area (Å²) in [5, 5.41) is 36.6. The molecule has 0 atom stereocenters. The maximum absolute atomic E-state index is 11.3. The van der Waals surface area contributed by atoms with E-state index in [9.17, 15) is 29.4 Å². The van der Waals surface area contributed by atoms with Crippen LogP contribution in [0.1, 0.15) is 41.4 Å². The minimum absolute atomic E-state index is 0.519. The van der Waals surface area contributed by atoms with Crippen LogP contribution in [0.3, 0.4) is 0 Å². The van der Waals surface area contributed by atoms with Crippen LogP contribution >= 0.6 is 0 Å². The first kappa shape index (κ1) is 14.8. The molecule has 4 N–H and O–H groups in total. The molecule has 0 aliphatic heterocycles. The molecule has 2 aromatic rings. The highest BCUT2D eigenvalue weighted by atomic mass is 16.4. The molecule has 0 unspecified atom stereocenters. The van der Waals surface area contributed by atoms with Crippen molar-refractivity contribution in [1.82, 2.24) is 9.97 Å². The first-order valence-corrected chi connectivity index (χ1v) is 5.51. The lowest BCUT2D eigenvalue weighted by molar-refractivity contribution is 0.0621. The molecule has 0 saturated heterocycles. The fraction of sp³-hybridized carbons (Fsp3) is 0. The van der Waals surface area contributed by atoms with Crippen LogP contribution in [0.25, 0.3) is 11.0 Å². The molecule has 10 nitrogen and oxygen atoms in total. The van der Waals surface area contributed by atoms with Gasteiger partial charge in [-0.15, -0.1) is 0 Å². The average molecular weight is 306 g/mol. The minimum Gasteiger partial charge on any atom is -0.478 e. The molecule has 0 radical (unpaired) electrons. The second kappa shape index (κ2) is 5.09. The molecular weight excluding hydrogens is 300 g/mol.